The number of fused-ring (bicyclic) bond motifs is 1. The topological polar surface area (TPSA) is 60.9 Å². The van der Waals surface area contributed by atoms with Crippen molar-refractivity contribution in [2.45, 2.75) is 19.3 Å². The van der Waals surface area contributed by atoms with Crippen LogP contribution in [0.1, 0.15) is 18.4 Å². The number of carboxylic acid groups (broad SMARTS) is 1. The van der Waals surface area contributed by atoms with Crippen LogP contribution in [0.2, 0.25) is 0 Å². The Bertz CT molecular complexity index is 554. The smallest absolute Gasteiger partial charge is 0.317 e. The second kappa shape index (κ2) is 5.85. The molecule has 0 spiro atoms. The van der Waals surface area contributed by atoms with E-state index < -0.39 is 5.97 Å². The highest BCUT2D eigenvalue weighted by Crippen LogP contribution is 2.30. The number of carboxylic acids is 1. The van der Waals surface area contributed by atoms with Gasteiger partial charge in [-0.15, -0.1) is 0 Å². The zero-order valence-electron chi connectivity index (χ0n) is 12.0. The zero-order valence-corrected chi connectivity index (χ0v) is 12.0. The van der Waals surface area contributed by atoms with Gasteiger partial charge in [-0.05, 0) is 36.8 Å². The molecule has 1 aromatic rings. The molecule has 0 radical (unpaired) electrons. The van der Waals surface area contributed by atoms with Gasteiger partial charge in [0, 0.05) is 18.8 Å². The fourth-order valence-corrected chi connectivity index (χ4v) is 2.92. The van der Waals surface area contributed by atoms with Gasteiger partial charge >= 0.3 is 5.97 Å². The number of benzene rings is 1. The summed E-state index contributed by atoms with van der Waals surface area (Å²) in [6.45, 7) is 1.55. The Hall–Kier alpha value is -1.88. The van der Waals surface area contributed by atoms with Crippen molar-refractivity contribution in [3.63, 3.8) is 0 Å². The molecule has 1 heterocycles. The molecule has 112 valence electrons. The van der Waals surface area contributed by atoms with Crippen molar-refractivity contribution in [2.75, 3.05) is 31.1 Å². The summed E-state index contributed by atoms with van der Waals surface area (Å²) in [6.07, 6.45) is 3.18. The molecule has 1 amide bonds. The summed E-state index contributed by atoms with van der Waals surface area (Å²) in [6, 6.07) is 7.92. The van der Waals surface area contributed by atoms with Gasteiger partial charge in [-0.2, -0.15) is 0 Å². The van der Waals surface area contributed by atoms with E-state index in [0.29, 0.717) is 19.0 Å². The van der Waals surface area contributed by atoms with Gasteiger partial charge in [0.2, 0.25) is 5.91 Å². The number of rotatable bonds is 6. The van der Waals surface area contributed by atoms with E-state index in [2.05, 4.69) is 0 Å². The van der Waals surface area contributed by atoms with Crippen LogP contribution < -0.4 is 4.90 Å². The van der Waals surface area contributed by atoms with Crippen LogP contribution in [-0.4, -0.2) is 48.1 Å². The molecule has 1 aliphatic heterocycles. The monoisotopic (exact) mass is 288 g/mol. The second-order valence-corrected chi connectivity index (χ2v) is 5.93. The Morgan fingerprint density at radius 2 is 2.00 bits per heavy atom. The number of carbonyl (C=O) groups excluding carboxylic acids is 1. The van der Waals surface area contributed by atoms with Crippen LogP contribution in [0.5, 0.6) is 0 Å². The quantitative estimate of drug-likeness (QED) is 0.859. The molecule has 1 aromatic carbocycles. The van der Waals surface area contributed by atoms with E-state index >= 15 is 0 Å². The first-order chi connectivity index (χ1) is 10.1. The summed E-state index contributed by atoms with van der Waals surface area (Å²) in [5, 5.41) is 8.99. The first-order valence-corrected chi connectivity index (χ1v) is 7.46. The van der Waals surface area contributed by atoms with Gasteiger partial charge in [-0.1, -0.05) is 18.2 Å². The molecule has 2 aliphatic rings. The van der Waals surface area contributed by atoms with Gasteiger partial charge in [0.05, 0.1) is 13.1 Å². The molecular formula is C16H20N2O3. The molecule has 0 unspecified atom stereocenters. The summed E-state index contributed by atoms with van der Waals surface area (Å²) in [4.78, 5) is 27.0. The summed E-state index contributed by atoms with van der Waals surface area (Å²) in [7, 11) is 0. The maximum absolute atomic E-state index is 12.5. The number of hydrogen-bond acceptors (Lipinski definition) is 3. The molecule has 21 heavy (non-hydrogen) atoms. The standard InChI is InChI=1S/C16H20N2O3/c19-15(10-17(11-16(20)21)9-12-5-6-12)18-8-7-13-3-1-2-4-14(13)18/h1-4,12H,5-11H2,(H,20,21). The Balaban J connectivity index is 1.65. The lowest BCUT2D eigenvalue weighted by Crippen LogP contribution is -2.42. The number of para-hydroxylation sites is 1. The highest BCUT2D eigenvalue weighted by atomic mass is 16.4. The molecule has 3 rings (SSSR count). The Kier molecular flexibility index (Phi) is 3.92. The van der Waals surface area contributed by atoms with E-state index in [1.165, 1.54) is 5.56 Å². The molecule has 1 saturated carbocycles. The van der Waals surface area contributed by atoms with Crippen LogP contribution in [0.15, 0.2) is 24.3 Å². The van der Waals surface area contributed by atoms with Gasteiger partial charge in [-0.25, -0.2) is 0 Å². The van der Waals surface area contributed by atoms with Crippen molar-refractivity contribution in [1.82, 2.24) is 4.90 Å². The number of anilines is 1. The number of nitrogens with zero attached hydrogens (tertiary/aromatic N) is 2. The fraction of sp³-hybridized carbons (Fsp3) is 0.500. The third-order valence-electron chi connectivity index (χ3n) is 4.12. The molecule has 1 aliphatic carbocycles. The molecule has 0 aromatic heterocycles. The molecule has 5 nitrogen and oxygen atoms in total. The van der Waals surface area contributed by atoms with Crippen molar-refractivity contribution >= 4 is 17.6 Å². The van der Waals surface area contributed by atoms with Crippen LogP contribution in [0, 0.1) is 5.92 Å². The van der Waals surface area contributed by atoms with Crippen molar-refractivity contribution in [3.05, 3.63) is 29.8 Å². The average molecular weight is 288 g/mol. The lowest BCUT2D eigenvalue weighted by Gasteiger charge is -2.24. The highest BCUT2D eigenvalue weighted by molar-refractivity contribution is 5.96. The molecule has 1 N–H and O–H groups in total. The fourth-order valence-electron chi connectivity index (χ4n) is 2.92. The minimum absolute atomic E-state index is 0.00171. The van der Waals surface area contributed by atoms with E-state index in [1.807, 2.05) is 24.3 Å². The number of carbonyl (C=O) groups is 2. The summed E-state index contributed by atoms with van der Waals surface area (Å²) in [5.74, 6) is -0.296. The number of hydrogen-bond donors (Lipinski definition) is 1. The maximum Gasteiger partial charge on any atom is 0.317 e. The summed E-state index contributed by atoms with van der Waals surface area (Å²) in [5.41, 5.74) is 2.17. The number of amides is 1. The minimum Gasteiger partial charge on any atom is -0.480 e. The normalized spacial score (nSPS) is 17.1. The van der Waals surface area contributed by atoms with E-state index in [4.69, 9.17) is 5.11 Å². The van der Waals surface area contributed by atoms with E-state index in [0.717, 1.165) is 24.9 Å². The number of aliphatic carboxylic acids is 1. The van der Waals surface area contributed by atoms with Crippen LogP contribution in [0.4, 0.5) is 5.69 Å². The van der Waals surface area contributed by atoms with Crippen molar-refractivity contribution in [2.24, 2.45) is 5.92 Å². The van der Waals surface area contributed by atoms with Crippen LogP contribution in [0.3, 0.4) is 0 Å². The predicted molar refractivity (Wildman–Crippen MR) is 79.3 cm³/mol. The third-order valence-corrected chi connectivity index (χ3v) is 4.12. The minimum atomic E-state index is -0.870. The van der Waals surface area contributed by atoms with Gasteiger partial charge in [0.1, 0.15) is 0 Å². The molecule has 0 saturated heterocycles. The van der Waals surface area contributed by atoms with Crippen LogP contribution in [-0.2, 0) is 16.0 Å². The van der Waals surface area contributed by atoms with Crippen LogP contribution in [0.25, 0.3) is 0 Å². The Morgan fingerprint density at radius 3 is 2.71 bits per heavy atom. The molecule has 0 atom stereocenters. The van der Waals surface area contributed by atoms with Gasteiger partial charge < -0.3 is 10.0 Å². The van der Waals surface area contributed by atoms with Crippen molar-refractivity contribution < 1.29 is 14.7 Å². The first-order valence-electron chi connectivity index (χ1n) is 7.46. The van der Waals surface area contributed by atoms with E-state index in [-0.39, 0.29) is 19.0 Å². The maximum atomic E-state index is 12.5. The summed E-state index contributed by atoms with van der Waals surface area (Å²) < 4.78 is 0. The van der Waals surface area contributed by atoms with Crippen molar-refractivity contribution in [1.29, 1.82) is 0 Å². The molecule has 1 fully saturated rings. The lowest BCUT2D eigenvalue weighted by atomic mass is 10.2. The van der Waals surface area contributed by atoms with Crippen LogP contribution >= 0.6 is 0 Å². The zero-order chi connectivity index (χ0) is 14.8. The van der Waals surface area contributed by atoms with Gasteiger partial charge in [0.25, 0.3) is 0 Å². The Labute approximate surface area is 124 Å². The predicted octanol–water partition coefficient (Wildman–Crippen LogP) is 1.37. The first kappa shape index (κ1) is 14.1. The highest BCUT2D eigenvalue weighted by Gasteiger charge is 2.29. The SMILES string of the molecule is O=C(O)CN(CC(=O)N1CCc2ccccc21)CC1CC1. The molecule has 0 bridgehead atoms. The largest absolute Gasteiger partial charge is 0.480 e. The second-order valence-electron chi connectivity index (χ2n) is 5.93. The van der Waals surface area contributed by atoms with Gasteiger partial charge in [-0.3, -0.25) is 14.5 Å². The van der Waals surface area contributed by atoms with E-state index in [9.17, 15) is 9.59 Å². The van der Waals surface area contributed by atoms with Crippen molar-refractivity contribution in [3.8, 4) is 0 Å². The molecular weight excluding hydrogens is 268 g/mol. The lowest BCUT2D eigenvalue weighted by molar-refractivity contribution is -0.138. The van der Waals surface area contributed by atoms with Gasteiger partial charge in [0.15, 0.2) is 0 Å². The summed E-state index contributed by atoms with van der Waals surface area (Å²) >= 11 is 0. The average Bonchev–Trinajstić information content (AvgIpc) is 3.14. The molecule has 5 heteroatoms. The third kappa shape index (κ3) is 3.42. The Morgan fingerprint density at radius 1 is 1.24 bits per heavy atom. The van der Waals surface area contributed by atoms with E-state index in [1.54, 1.807) is 9.80 Å².